The third-order valence-electron chi connectivity index (χ3n) is 2.84. The molecule has 0 aromatic heterocycles. The van der Waals surface area contributed by atoms with E-state index in [0.29, 0.717) is 5.02 Å². The summed E-state index contributed by atoms with van der Waals surface area (Å²) < 4.78 is 0. The highest BCUT2D eigenvalue weighted by atomic mass is 35.5. The molecule has 0 amide bonds. The van der Waals surface area contributed by atoms with Gasteiger partial charge in [-0.3, -0.25) is 10.1 Å². The first-order valence-corrected chi connectivity index (χ1v) is 5.75. The third-order valence-corrected chi connectivity index (χ3v) is 3.16. The zero-order valence-corrected chi connectivity index (χ0v) is 9.61. The Kier molecular flexibility index (Phi) is 3.29. The maximum absolute atomic E-state index is 10.7. The van der Waals surface area contributed by atoms with Crippen molar-refractivity contribution in [1.82, 2.24) is 0 Å². The van der Waals surface area contributed by atoms with Crippen molar-refractivity contribution in [2.45, 2.75) is 19.3 Å². The lowest BCUT2D eigenvalue weighted by Gasteiger charge is -2.29. The molecule has 0 aliphatic carbocycles. The smallest absolute Gasteiger partial charge is 0.271 e. The Morgan fingerprint density at radius 2 is 1.94 bits per heavy atom. The molecule has 0 saturated carbocycles. The lowest BCUT2D eigenvalue weighted by Crippen LogP contribution is -2.29. The van der Waals surface area contributed by atoms with Crippen molar-refractivity contribution in [2.24, 2.45) is 0 Å². The summed E-state index contributed by atoms with van der Waals surface area (Å²) in [4.78, 5) is 12.4. The van der Waals surface area contributed by atoms with Crippen LogP contribution in [0.5, 0.6) is 0 Å². The molecule has 1 aliphatic rings. The van der Waals surface area contributed by atoms with Crippen LogP contribution in [0.25, 0.3) is 0 Å². The van der Waals surface area contributed by atoms with Gasteiger partial charge in [0, 0.05) is 25.2 Å². The molecule has 0 unspecified atom stereocenters. The fraction of sp³-hybridized carbons (Fsp3) is 0.455. The number of anilines is 1. The number of nitro benzene ring substituents is 1. The fourth-order valence-corrected chi connectivity index (χ4v) is 2.23. The predicted molar refractivity (Wildman–Crippen MR) is 64.2 cm³/mol. The molecule has 16 heavy (non-hydrogen) atoms. The maximum atomic E-state index is 10.7. The molecule has 2 rings (SSSR count). The average molecular weight is 241 g/mol. The number of benzene rings is 1. The highest BCUT2D eigenvalue weighted by Gasteiger charge is 2.17. The Balaban J connectivity index is 2.30. The molecule has 0 bridgehead atoms. The van der Waals surface area contributed by atoms with Gasteiger partial charge in [0.1, 0.15) is 0 Å². The summed E-state index contributed by atoms with van der Waals surface area (Å²) in [6.45, 7) is 1.86. The highest BCUT2D eigenvalue weighted by Crippen LogP contribution is 2.31. The van der Waals surface area contributed by atoms with Crippen LogP contribution in [0.1, 0.15) is 19.3 Å². The topological polar surface area (TPSA) is 46.4 Å². The van der Waals surface area contributed by atoms with Crippen molar-refractivity contribution in [3.8, 4) is 0 Å². The number of piperidine rings is 1. The minimum absolute atomic E-state index is 0.102. The number of nitrogens with zero attached hydrogens (tertiary/aromatic N) is 2. The van der Waals surface area contributed by atoms with Gasteiger partial charge in [-0.15, -0.1) is 0 Å². The molecule has 0 spiro atoms. The zero-order chi connectivity index (χ0) is 11.5. The van der Waals surface area contributed by atoms with Crippen LogP contribution in [-0.2, 0) is 0 Å². The minimum atomic E-state index is -0.385. The molecular weight excluding hydrogens is 228 g/mol. The summed E-state index contributed by atoms with van der Waals surface area (Å²) in [5, 5.41) is 11.3. The standard InChI is InChI=1S/C11H13ClN2O2/c12-10-5-4-9(14(15)16)8-11(10)13-6-2-1-3-7-13/h4-5,8H,1-3,6-7H2. The molecule has 0 atom stereocenters. The van der Waals surface area contributed by atoms with Gasteiger partial charge in [0.05, 0.1) is 15.6 Å². The summed E-state index contributed by atoms with van der Waals surface area (Å²) in [5.41, 5.74) is 0.889. The number of non-ortho nitro benzene ring substituents is 1. The first-order valence-electron chi connectivity index (χ1n) is 5.37. The van der Waals surface area contributed by atoms with Crippen LogP contribution < -0.4 is 4.90 Å². The van der Waals surface area contributed by atoms with E-state index in [4.69, 9.17) is 11.6 Å². The summed E-state index contributed by atoms with van der Waals surface area (Å²) >= 11 is 6.07. The molecule has 1 aromatic carbocycles. The van der Waals surface area contributed by atoms with Crippen LogP contribution in [0.3, 0.4) is 0 Å². The second-order valence-corrected chi connectivity index (χ2v) is 4.35. The molecule has 1 fully saturated rings. The number of halogens is 1. The van der Waals surface area contributed by atoms with E-state index in [1.165, 1.54) is 12.5 Å². The van der Waals surface area contributed by atoms with Crippen molar-refractivity contribution >= 4 is 23.0 Å². The van der Waals surface area contributed by atoms with Gasteiger partial charge < -0.3 is 4.90 Å². The molecule has 86 valence electrons. The SMILES string of the molecule is O=[N+]([O-])c1ccc(Cl)c(N2CCCCC2)c1. The zero-order valence-electron chi connectivity index (χ0n) is 8.86. The third kappa shape index (κ3) is 2.27. The summed E-state index contributed by atoms with van der Waals surface area (Å²) in [6.07, 6.45) is 3.47. The normalized spacial score (nSPS) is 16.2. The van der Waals surface area contributed by atoms with Crippen LogP contribution >= 0.6 is 11.6 Å². The van der Waals surface area contributed by atoms with Crippen molar-refractivity contribution in [1.29, 1.82) is 0 Å². The second kappa shape index (κ2) is 4.70. The molecule has 1 heterocycles. The largest absolute Gasteiger partial charge is 0.370 e. The summed E-state index contributed by atoms with van der Waals surface area (Å²) in [6, 6.07) is 4.60. The number of hydrogen-bond acceptors (Lipinski definition) is 3. The Morgan fingerprint density at radius 3 is 2.56 bits per heavy atom. The predicted octanol–water partition coefficient (Wildman–Crippen LogP) is 3.24. The number of rotatable bonds is 2. The quantitative estimate of drug-likeness (QED) is 0.589. The Hall–Kier alpha value is -1.29. The van der Waals surface area contributed by atoms with Gasteiger partial charge in [-0.1, -0.05) is 11.6 Å². The lowest BCUT2D eigenvalue weighted by atomic mass is 10.1. The number of nitro groups is 1. The van der Waals surface area contributed by atoms with Gasteiger partial charge in [0.15, 0.2) is 0 Å². The molecule has 1 aliphatic heterocycles. The molecular formula is C11H13ClN2O2. The van der Waals surface area contributed by atoms with E-state index in [1.807, 2.05) is 0 Å². The van der Waals surface area contributed by atoms with Crippen molar-refractivity contribution < 1.29 is 4.92 Å². The molecule has 4 nitrogen and oxygen atoms in total. The molecule has 0 radical (unpaired) electrons. The monoisotopic (exact) mass is 240 g/mol. The van der Waals surface area contributed by atoms with E-state index in [0.717, 1.165) is 31.6 Å². The van der Waals surface area contributed by atoms with E-state index in [9.17, 15) is 10.1 Å². The fourth-order valence-electron chi connectivity index (χ4n) is 1.99. The van der Waals surface area contributed by atoms with E-state index in [-0.39, 0.29) is 10.6 Å². The Morgan fingerprint density at radius 1 is 1.25 bits per heavy atom. The van der Waals surface area contributed by atoms with Crippen LogP contribution in [0.4, 0.5) is 11.4 Å². The van der Waals surface area contributed by atoms with Gasteiger partial charge in [-0.25, -0.2) is 0 Å². The Labute approximate surface area is 99.0 Å². The van der Waals surface area contributed by atoms with Crippen LogP contribution in [-0.4, -0.2) is 18.0 Å². The van der Waals surface area contributed by atoms with E-state index in [1.54, 1.807) is 12.1 Å². The van der Waals surface area contributed by atoms with Gasteiger partial charge in [0.2, 0.25) is 0 Å². The molecule has 0 N–H and O–H groups in total. The van der Waals surface area contributed by atoms with Crippen LogP contribution in [0.15, 0.2) is 18.2 Å². The van der Waals surface area contributed by atoms with E-state index >= 15 is 0 Å². The van der Waals surface area contributed by atoms with Crippen molar-refractivity contribution in [2.75, 3.05) is 18.0 Å². The maximum Gasteiger partial charge on any atom is 0.271 e. The van der Waals surface area contributed by atoms with Crippen LogP contribution in [0, 0.1) is 10.1 Å². The van der Waals surface area contributed by atoms with E-state index < -0.39 is 0 Å². The molecule has 1 saturated heterocycles. The van der Waals surface area contributed by atoms with Gasteiger partial charge in [0.25, 0.3) is 5.69 Å². The molecule has 1 aromatic rings. The highest BCUT2D eigenvalue weighted by molar-refractivity contribution is 6.33. The van der Waals surface area contributed by atoms with Gasteiger partial charge in [-0.05, 0) is 25.3 Å². The van der Waals surface area contributed by atoms with Gasteiger partial charge in [-0.2, -0.15) is 0 Å². The average Bonchev–Trinajstić information content (AvgIpc) is 2.30. The first-order chi connectivity index (χ1) is 7.68. The van der Waals surface area contributed by atoms with Crippen molar-refractivity contribution in [3.63, 3.8) is 0 Å². The number of hydrogen-bond donors (Lipinski definition) is 0. The Bertz CT molecular complexity index is 403. The van der Waals surface area contributed by atoms with Crippen molar-refractivity contribution in [3.05, 3.63) is 33.3 Å². The summed E-state index contributed by atoms with van der Waals surface area (Å²) in [7, 11) is 0. The van der Waals surface area contributed by atoms with Crippen LogP contribution in [0.2, 0.25) is 5.02 Å². The second-order valence-electron chi connectivity index (χ2n) is 3.94. The van der Waals surface area contributed by atoms with E-state index in [2.05, 4.69) is 4.90 Å². The van der Waals surface area contributed by atoms with Gasteiger partial charge >= 0.3 is 0 Å². The lowest BCUT2D eigenvalue weighted by molar-refractivity contribution is -0.384. The first kappa shape index (κ1) is 11.2. The molecule has 5 heteroatoms. The minimum Gasteiger partial charge on any atom is -0.370 e. The summed E-state index contributed by atoms with van der Waals surface area (Å²) in [5.74, 6) is 0.